The highest BCUT2D eigenvalue weighted by atomic mass is 35.5. The number of methoxy groups -OCH3 is 1. The summed E-state index contributed by atoms with van der Waals surface area (Å²) < 4.78 is 6.97. The summed E-state index contributed by atoms with van der Waals surface area (Å²) in [7, 11) is 1.52. The second-order valence-electron chi connectivity index (χ2n) is 7.64. The summed E-state index contributed by atoms with van der Waals surface area (Å²) in [5.41, 5.74) is 2.67. The summed E-state index contributed by atoms with van der Waals surface area (Å²) >= 11 is 7.42. The van der Waals surface area contributed by atoms with Gasteiger partial charge in [-0.05, 0) is 37.3 Å². The fraction of sp³-hybridized carbons (Fsp3) is 0.120. The first kappa shape index (κ1) is 22.1. The molecule has 0 radical (unpaired) electrons. The van der Waals surface area contributed by atoms with Gasteiger partial charge in [0.1, 0.15) is 27.6 Å². The zero-order chi connectivity index (χ0) is 23.8. The molecule has 0 bridgehead atoms. The van der Waals surface area contributed by atoms with Crippen LogP contribution in [0.3, 0.4) is 0 Å². The second-order valence-corrected chi connectivity index (χ2v) is 9.05. The smallest absolute Gasteiger partial charge is 0.272 e. The minimum Gasteiger partial charge on any atom is -0.495 e. The number of ether oxygens (including phenoxy) is 1. The molecule has 0 fully saturated rings. The Morgan fingerprint density at radius 3 is 2.65 bits per heavy atom. The molecule has 0 saturated carbocycles. The van der Waals surface area contributed by atoms with Crippen LogP contribution in [0.25, 0.3) is 31.7 Å². The Hall–Kier alpha value is -3.75. The lowest BCUT2D eigenvalue weighted by Crippen LogP contribution is -2.29. The van der Waals surface area contributed by atoms with Crippen molar-refractivity contribution >= 4 is 55.0 Å². The van der Waals surface area contributed by atoms with Gasteiger partial charge in [-0.2, -0.15) is 0 Å². The molecule has 5 rings (SSSR count). The van der Waals surface area contributed by atoms with E-state index in [0.29, 0.717) is 32.5 Å². The molecule has 0 unspecified atom stereocenters. The molecule has 0 saturated heterocycles. The number of anilines is 1. The number of hydrogen-bond acceptors (Lipinski definition) is 6. The molecule has 7 nitrogen and oxygen atoms in total. The molecule has 1 amide bonds. The first-order valence-electron chi connectivity index (χ1n) is 10.4. The molecule has 0 aliphatic carbocycles. The van der Waals surface area contributed by atoms with Gasteiger partial charge in [-0.1, -0.05) is 41.9 Å². The first-order valence-corrected chi connectivity index (χ1v) is 11.6. The van der Waals surface area contributed by atoms with E-state index in [1.54, 1.807) is 25.1 Å². The summed E-state index contributed by atoms with van der Waals surface area (Å²) in [6.07, 6.45) is 0. The predicted octanol–water partition coefficient (Wildman–Crippen LogP) is 5.28. The molecule has 0 atom stereocenters. The Bertz CT molecular complexity index is 1610. The molecule has 0 aliphatic heterocycles. The molecule has 0 aliphatic rings. The van der Waals surface area contributed by atoms with Crippen molar-refractivity contribution in [3.8, 4) is 17.0 Å². The Balaban J connectivity index is 1.48. The van der Waals surface area contributed by atoms with Crippen LogP contribution in [0.4, 0.5) is 5.69 Å². The highest BCUT2D eigenvalue weighted by molar-refractivity contribution is 7.25. The van der Waals surface area contributed by atoms with Gasteiger partial charge >= 0.3 is 0 Å². The minimum absolute atomic E-state index is 0.172. The van der Waals surface area contributed by atoms with E-state index in [-0.39, 0.29) is 18.0 Å². The van der Waals surface area contributed by atoms with E-state index in [0.717, 1.165) is 21.5 Å². The van der Waals surface area contributed by atoms with E-state index in [1.165, 1.54) is 23.0 Å². The zero-order valence-corrected chi connectivity index (χ0v) is 19.9. The summed E-state index contributed by atoms with van der Waals surface area (Å²) in [5.74, 6) is 0.598. The van der Waals surface area contributed by atoms with E-state index < -0.39 is 0 Å². The largest absolute Gasteiger partial charge is 0.495 e. The SMILES string of the molecule is COc1ccc(NC(=O)Cn2c(C)nc3c(sc4nc(-c5ccccc5)ccc43)c2=O)cc1Cl. The number of aryl methyl sites for hydroxylation is 1. The normalized spacial score (nSPS) is 11.1. The van der Waals surface area contributed by atoms with Gasteiger partial charge in [0.25, 0.3) is 5.56 Å². The van der Waals surface area contributed by atoms with E-state index in [1.807, 2.05) is 42.5 Å². The van der Waals surface area contributed by atoms with Crippen molar-refractivity contribution in [3.05, 3.63) is 81.9 Å². The minimum atomic E-state index is -0.363. The van der Waals surface area contributed by atoms with Crippen LogP contribution in [-0.4, -0.2) is 27.6 Å². The van der Waals surface area contributed by atoms with Gasteiger partial charge in [0, 0.05) is 16.6 Å². The quantitative estimate of drug-likeness (QED) is 0.362. The van der Waals surface area contributed by atoms with Crippen LogP contribution in [0.5, 0.6) is 5.75 Å². The lowest BCUT2D eigenvalue weighted by atomic mass is 10.1. The van der Waals surface area contributed by atoms with Crippen molar-refractivity contribution in [2.45, 2.75) is 13.5 Å². The number of halogens is 1. The van der Waals surface area contributed by atoms with Gasteiger partial charge in [-0.3, -0.25) is 14.2 Å². The molecular weight excluding hydrogens is 472 g/mol. The van der Waals surface area contributed by atoms with Crippen molar-refractivity contribution in [2.24, 2.45) is 0 Å². The summed E-state index contributed by atoms with van der Waals surface area (Å²) in [5, 5.41) is 3.96. The number of carbonyl (C=O) groups is 1. The van der Waals surface area contributed by atoms with Crippen molar-refractivity contribution < 1.29 is 9.53 Å². The Kier molecular flexibility index (Phi) is 5.77. The van der Waals surface area contributed by atoms with Crippen molar-refractivity contribution in [1.82, 2.24) is 14.5 Å². The predicted molar refractivity (Wildman–Crippen MR) is 136 cm³/mol. The van der Waals surface area contributed by atoms with Gasteiger partial charge in [-0.15, -0.1) is 11.3 Å². The highest BCUT2D eigenvalue weighted by Gasteiger charge is 2.17. The topological polar surface area (TPSA) is 86.1 Å². The number of thiophene rings is 1. The maximum Gasteiger partial charge on any atom is 0.272 e. The zero-order valence-electron chi connectivity index (χ0n) is 18.3. The molecule has 0 spiro atoms. The lowest BCUT2D eigenvalue weighted by molar-refractivity contribution is -0.116. The Morgan fingerprint density at radius 2 is 1.91 bits per heavy atom. The molecule has 9 heteroatoms. The fourth-order valence-corrected chi connectivity index (χ4v) is 5.08. The van der Waals surface area contributed by atoms with Gasteiger partial charge in [0.15, 0.2) is 0 Å². The van der Waals surface area contributed by atoms with Crippen LogP contribution in [0, 0.1) is 6.92 Å². The average molecular weight is 491 g/mol. The van der Waals surface area contributed by atoms with Crippen LogP contribution in [0.1, 0.15) is 5.82 Å². The summed E-state index contributed by atoms with van der Waals surface area (Å²) in [6, 6.07) is 18.7. The number of nitrogens with one attached hydrogen (secondary N) is 1. The van der Waals surface area contributed by atoms with Gasteiger partial charge in [0.2, 0.25) is 5.91 Å². The number of hydrogen-bond donors (Lipinski definition) is 1. The van der Waals surface area contributed by atoms with E-state index in [4.69, 9.17) is 21.3 Å². The van der Waals surface area contributed by atoms with E-state index in [9.17, 15) is 9.59 Å². The third-order valence-corrected chi connectivity index (χ3v) is 6.81. The molecule has 170 valence electrons. The molecule has 2 aromatic carbocycles. The summed E-state index contributed by atoms with van der Waals surface area (Å²) in [6.45, 7) is 1.54. The first-order chi connectivity index (χ1) is 16.4. The number of pyridine rings is 1. The molecule has 5 aromatic rings. The summed E-state index contributed by atoms with van der Waals surface area (Å²) in [4.78, 5) is 36.1. The standard InChI is InChI=1S/C25H19ClN4O3S/c1-14-27-22-17-9-10-19(15-6-4-3-5-7-15)29-24(17)34-23(22)25(32)30(14)13-21(31)28-16-8-11-20(33-2)18(26)12-16/h3-12H,13H2,1-2H3,(H,28,31). The molecule has 34 heavy (non-hydrogen) atoms. The number of benzene rings is 2. The number of carbonyl (C=O) groups excluding carboxylic acids is 1. The molecule has 3 heterocycles. The molecule has 3 aromatic heterocycles. The van der Waals surface area contributed by atoms with Crippen molar-refractivity contribution in [2.75, 3.05) is 12.4 Å². The molecule has 1 N–H and O–H groups in total. The van der Waals surface area contributed by atoms with Crippen LogP contribution >= 0.6 is 22.9 Å². The number of fused-ring (bicyclic) bond motifs is 3. The monoisotopic (exact) mass is 490 g/mol. The maximum absolute atomic E-state index is 13.3. The maximum atomic E-state index is 13.3. The number of rotatable bonds is 5. The lowest BCUT2D eigenvalue weighted by Gasteiger charge is -2.11. The third kappa shape index (κ3) is 4.02. The second kappa shape index (κ2) is 8.89. The fourth-order valence-electron chi connectivity index (χ4n) is 3.76. The number of aromatic nitrogens is 3. The van der Waals surface area contributed by atoms with Gasteiger partial charge < -0.3 is 10.1 Å². The highest BCUT2D eigenvalue weighted by Crippen LogP contribution is 2.32. The van der Waals surface area contributed by atoms with Crippen LogP contribution in [0.2, 0.25) is 5.02 Å². The average Bonchev–Trinajstić information content (AvgIpc) is 3.20. The van der Waals surface area contributed by atoms with Crippen molar-refractivity contribution in [1.29, 1.82) is 0 Å². The van der Waals surface area contributed by atoms with Crippen LogP contribution in [0.15, 0.2) is 65.5 Å². The van der Waals surface area contributed by atoms with Gasteiger partial charge in [0.05, 0.1) is 23.3 Å². The number of nitrogens with zero attached hydrogens (tertiary/aromatic N) is 3. The Labute approximate surface area is 203 Å². The van der Waals surface area contributed by atoms with Crippen molar-refractivity contribution in [3.63, 3.8) is 0 Å². The van der Waals surface area contributed by atoms with Gasteiger partial charge in [-0.25, -0.2) is 9.97 Å². The van der Waals surface area contributed by atoms with Crippen LogP contribution < -0.4 is 15.6 Å². The third-order valence-electron chi connectivity index (χ3n) is 5.44. The van der Waals surface area contributed by atoms with Crippen LogP contribution in [-0.2, 0) is 11.3 Å². The van der Waals surface area contributed by atoms with E-state index >= 15 is 0 Å². The number of amides is 1. The van der Waals surface area contributed by atoms with E-state index in [2.05, 4.69) is 10.3 Å². The Morgan fingerprint density at radius 1 is 1.12 bits per heavy atom. The molecular formula is C25H19ClN4O3S.